The first kappa shape index (κ1) is 5.62. The standard InChI is InChI=1S/C15H18N/c1-11-8-9-12(2)15(13(11)3)14-7-5-6-10-16(14)4/h5-10H,1-4H3/q+1/i1D3,3D3. The first-order valence-corrected chi connectivity index (χ1v) is 5.13. The Kier molecular flexibility index (Phi) is 1.44. The molecule has 0 aliphatic rings. The lowest BCUT2D eigenvalue weighted by atomic mass is 9.95. The van der Waals surface area contributed by atoms with Crippen LogP contribution in [-0.4, -0.2) is 0 Å². The molecule has 0 bridgehead atoms. The van der Waals surface area contributed by atoms with Gasteiger partial charge >= 0.3 is 0 Å². The van der Waals surface area contributed by atoms with Gasteiger partial charge in [-0.3, -0.25) is 0 Å². The summed E-state index contributed by atoms with van der Waals surface area (Å²) >= 11 is 0. The predicted molar refractivity (Wildman–Crippen MR) is 67.3 cm³/mol. The zero-order chi connectivity index (χ0) is 16.7. The van der Waals surface area contributed by atoms with E-state index in [1.54, 1.807) is 42.9 Å². The van der Waals surface area contributed by atoms with Gasteiger partial charge in [-0.25, -0.2) is 4.57 Å². The van der Waals surface area contributed by atoms with E-state index in [1.807, 2.05) is 6.07 Å². The second kappa shape index (κ2) is 4.09. The van der Waals surface area contributed by atoms with E-state index < -0.39 is 13.7 Å². The van der Waals surface area contributed by atoms with Crippen molar-refractivity contribution in [3.63, 3.8) is 0 Å². The number of aromatic nitrogens is 1. The molecule has 82 valence electrons. The predicted octanol–water partition coefficient (Wildman–Crippen LogP) is 3.10. The minimum absolute atomic E-state index is 0.0886. The van der Waals surface area contributed by atoms with Gasteiger partial charge in [0.1, 0.15) is 7.05 Å². The fourth-order valence-electron chi connectivity index (χ4n) is 1.82. The van der Waals surface area contributed by atoms with E-state index in [9.17, 15) is 0 Å². The largest absolute Gasteiger partial charge is 0.212 e. The van der Waals surface area contributed by atoms with Gasteiger partial charge in [-0.1, -0.05) is 12.1 Å². The number of hydrogen-bond donors (Lipinski definition) is 0. The molecular weight excluding hydrogens is 194 g/mol. The van der Waals surface area contributed by atoms with Crippen LogP contribution in [0.15, 0.2) is 36.5 Å². The van der Waals surface area contributed by atoms with E-state index in [-0.39, 0.29) is 11.1 Å². The van der Waals surface area contributed by atoms with Gasteiger partial charge in [0.05, 0.1) is 5.56 Å². The Morgan fingerprint density at radius 2 is 1.88 bits per heavy atom. The van der Waals surface area contributed by atoms with Crippen LogP contribution in [0.3, 0.4) is 0 Å². The number of rotatable bonds is 1. The van der Waals surface area contributed by atoms with Crippen LogP contribution < -0.4 is 4.57 Å². The molecule has 1 heteroatoms. The number of benzene rings is 1. The molecule has 1 nitrogen and oxygen atoms in total. The highest BCUT2D eigenvalue weighted by molar-refractivity contribution is 5.66. The van der Waals surface area contributed by atoms with Gasteiger partial charge in [0.2, 0.25) is 5.69 Å². The normalized spacial score (nSPS) is 17.6. The highest BCUT2D eigenvalue weighted by Gasteiger charge is 2.14. The van der Waals surface area contributed by atoms with Crippen molar-refractivity contribution >= 4 is 0 Å². The van der Waals surface area contributed by atoms with Crippen LogP contribution >= 0.6 is 0 Å². The summed E-state index contributed by atoms with van der Waals surface area (Å²) in [5.74, 6) is 0. The van der Waals surface area contributed by atoms with Crippen LogP contribution in [0.2, 0.25) is 0 Å². The summed E-state index contributed by atoms with van der Waals surface area (Å²) in [6.07, 6.45) is 1.81. The minimum atomic E-state index is -2.51. The Bertz CT molecular complexity index is 700. The average molecular weight is 218 g/mol. The third kappa shape index (κ3) is 1.73. The van der Waals surface area contributed by atoms with Gasteiger partial charge < -0.3 is 0 Å². The third-order valence-electron chi connectivity index (χ3n) is 2.72. The molecule has 16 heavy (non-hydrogen) atoms. The first-order valence-electron chi connectivity index (χ1n) is 8.13. The van der Waals surface area contributed by atoms with Crippen molar-refractivity contribution in [1.29, 1.82) is 0 Å². The molecule has 1 aromatic carbocycles. The molecule has 0 aliphatic heterocycles. The molecule has 1 heterocycles. The Balaban J connectivity index is 2.93. The van der Waals surface area contributed by atoms with Gasteiger partial charge in [-0.2, -0.15) is 0 Å². The van der Waals surface area contributed by atoms with E-state index in [0.717, 1.165) is 5.56 Å². The number of aryl methyl sites for hydroxylation is 3. The number of nitrogens with zero attached hydrogens (tertiary/aromatic N) is 1. The molecule has 0 saturated carbocycles. The maximum absolute atomic E-state index is 7.83. The number of hydrogen-bond acceptors (Lipinski definition) is 0. The molecule has 2 rings (SSSR count). The average Bonchev–Trinajstić information content (AvgIpc) is 2.37. The minimum Gasteiger partial charge on any atom is -0.201 e. The van der Waals surface area contributed by atoms with E-state index in [4.69, 9.17) is 8.22 Å². The first-order chi connectivity index (χ1) is 10.0. The summed E-state index contributed by atoms with van der Waals surface area (Å²) in [5.41, 5.74) is 1.68. The highest BCUT2D eigenvalue weighted by atomic mass is 14.9. The van der Waals surface area contributed by atoms with Crippen LogP contribution in [0.1, 0.15) is 24.9 Å². The van der Waals surface area contributed by atoms with Crippen LogP contribution in [0, 0.1) is 20.6 Å². The van der Waals surface area contributed by atoms with Crippen molar-refractivity contribution in [3.05, 3.63) is 53.2 Å². The summed E-state index contributed by atoms with van der Waals surface area (Å²) in [4.78, 5) is 0. The van der Waals surface area contributed by atoms with Gasteiger partial charge in [0, 0.05) is 20.4 Å². The second-order valence-corrected chi connectivity index (χ2v) is 3.88. The van der Waals surface area contributed by atoms with Crippen molar-refractivity contribution in [2.75, 3.05) is 0 Å². The zero-order valence-corrected chi connectivity index (χ0v) is 9.41. The van der Waals surface area contributed by atoms with Crippen molar-refractivity contribution in [3.8, 4) is 11.3 Å². The summed E-state index contributed by atoms with van der Waals surface area (Å²) in [7, 11) is 1.81. The second-order valence-electron chi connectivity index (χ2n) is 3.88. The summed E-state index contributed by atoms with van der Waals surface area (Å²) in [6, 6.07) is 8.50. The Hall–Kier alpha value is -1.63. The van der Waals surface area contributed by atoms with Crippen LogP contribution in [0.4, 0.5) is 0 Å². The topological polar surface area (TPSA) is 3.88 Å². The Labute approximate surface area is 106 Å². The molecule has 0 atom stereocenters. The lowest BCUT2D eigenvalue weighted by Gasteiger charge is -2.10. The van der Waals surface area contributed by atoms with Crippen LogP contribution in [0.25, 0.3) is 11.3 Å². The fourth-order valence-corrected chi connectivity index (χ4v) is 1.82. The maximum Gasteiger partial charge on any atom is 0.212 e. The van der Waals surface area contributed by atoms with E-state index in [2.05, 4.69) is 0 Å². The molecule has 0 radical (unpaired) electrons. The molecule has 0 N–H and O–H groups in total. The zero-order valence-electron chi connectivity index (χ0n) is 15.4. The van der Waals surface area contributed by atoms with Gasteiger partial charge in [-0.15, -0.1) is 0 Å². The summed E-state index contributed by atoms with van der Waals surface area (Å²) < 4.78 is 48.2. The maximum atomic E-state index is 7.83. The molecular formula is C15H18N+. The van der Waals surface area contributed by atoms with Crippen LogP contribution in [-0.2, 0) is 7.05 Å². The number of pyridine rings is 1. The molecule has 0 saturated heterocycles. The summed E-state index contributed by atoms with van der Waals surface area (Å²) in [5, 5.41) is 0. The van der Waals surface area contributed by atoms with Crippen molar-refractivity contribution in [1.82, 2.24) is 0 Å². The smallest absolute Gasteiger partial charge is 0.201 e. The van der Waals surface area contributed by atoms with Gasteiger partial charge in [0.25, 0.3) is 0 Å². The molecule has 2 aromatic rings. The van der Waals surface area contributed by atoms with Crippen molar-refractivity contribution in [2.45, 2.75) is 20.6 Å². The lowest BCUT2D eigenvalue weighted by Crippen LogP contribution is -2.30. The fraction of sp³-hybridized carbons (Fsp3) is 0.267. The van der Waals surface area contributed by atoms with E-state index in [0.29, 0.717) is 11.3 Å². The molecule has 0 amide bonds. The Morgan fingerprint density at radius 1 is 1.06 bits per heavy atom. The molecule has 0 spiro atoms. The molecule has 1 aromatic heterocycles. The quantitative estimate of drug-likeness (QED) is 0.648. The van der Waals surface area contributed by atoms with E-state index in [1.165, 1.54) is 6.07 Å². The molecule has 0 fully saturated rings. The monoisotopic (exact) mass is 218 g/mol. The molecule has 0 aliphatic carbocycles. The summed E-state index contributed by atoms with van der Waals surface area (Å²) in [6.45, 7) is -3.19. The lowest BCUT2D eigenvalue weighted by molar-refractivity contribution is -0.660. The molecule has 0 unspecified atom stereocenters. The van der Waals surface area contributed by atoms with Crippen molar-refractivity contribution in [2.24, 2.45) is 7.05 Å². The third-order valence-corrected chi connectivity index (χ3v) is 2.72. The van der Waals surface area contributed by atoms with Gasteiger partial charge in [-0.05, 0) is 43.4 Å². The van der Waals surface area contributed by atoms with E-state index >= 15 is 0 Å². The highest BCUT2D eigenvalue weighted by Crippen LogP contribution is 2.26. The van der Waals surface area contributed by atoms with Crippen molar-refractivity contribution < 1.29 is 12.8 Å². The van der Waals surface area contributed by atoms with Crippen LogP contribution in [0.5, 0.6) is 0 Å². The van der Waals surface area contributed by atoms with Gasteiger partial charge in [0.15, 0.2) is 6.20 Å². The SMILES string of the molecule is [2H]C([2H])([2H])c1ccc(C)c(-c2cccc[n+]2C)c1C([2H])([2H])[2H]. The Morgan fingerprint density at radius 3 is 2.56 bits per heavy atom.